The summed E-state index contributed by atoms with van der Waals surface area (Å²) in [6.45, 7) is 1.88. The van der Waals surface area contributed by atoms with Crippen LogP contribution in [-0.4, -0.2) is 22.8 Å². The fraction of sp³-hybridized carbons (Fsp3) is 0.105. The molecule has 3 aromatic rings. The molecule has 0 bridgehead atoms. The van der Waals surface area contributed by atoms with E-state index in [0.29, 0.717) is 11.4 Å². The zero-order chi connectivity index (χ0) is 18.7. The summed E-state index contributed by atoms with van der Waals surface area (Å²) in [5, 5.41) is 7.02. The van der Waals surface area contributed by atoms with Gasteiger partial charge in [0.2, 0.25) is 0 Å². The van der Waals surface area contributed by atoms with Gasteiger partial charge in [0.15, 0.2) is 11.4 Å². The summed E-state index contributed by atoms with van der Waals surface area (Å²) in [5.74, 6) is -0.341. The Morgan fingerprint density at radius 3 is 2.54 bits per heavy atom. The van der Waals surface area contributed by atoms with Crippen LogP contribution < -0.4 is 15.6 Å². The van der Waals surface area contributed by atoms with Crippen LogP contribution in [-0.2, 0) is 0 Å². The van der Waals surface area contributed by atoms with Crippen molar-refractivity contribution in [3.8, 4) is 11.4 Å². The van der Waals surface area contributed by atoms with E-state index in [-0.39, 0.29) is 17.0 Å². The van der Waals surface area contributed by atoms with Crippen LogP contribution in [0.3, 0.4) is 0 Å². The Hall–Kier alpha value is -2.93. The fourth-order valence-corrected chi connectivity index (χ4v) is 2.93. The van der Waals surface area contributed by atoms with Crippen LogP contribution in [0.25, 0.3) is 5.69 Å². The number of aryl methyl sites for hydroxylation is 1. The second-order valence-electron chi connectivity index (χ2n) is 5.56. The van der Waals surface area contributed by atoms with Gasteiger partial charge in [0.05, 0.1) is 18.9 Å². The minimum Gasteiger partial charge on any atom is -0.494 e. The normalized spacial score (nSPS) is 10.4. The van der Waals surface area contributed by atoms with Crippen molar-refractivity contribution < 1.29 is 9.53 Å². The van der Waals surface area contributed by atoms with Crippen molar-refractivity contribution >= 4 is 27.5 Å². The van der Waals surface area contributed by atoms with Gasteiger partial charge in [-0.15, -0.1) is 0 Å². The topological polar surface area (TPSA) is 73.2 Å². The van der Waals surface area contributed by atoms with Crippen molar-refractivity contribution in [2.45, 2.75) is 6.92 Å². The maximum absolute atomic E-state index is 12.7. The number of para-hydroxylation sites is 1. The molecule has 0 aliphatic rings. The van der Waals surface area contributed by atoms with Crippen molar-refractivity contribution in [3.05, 3.63) is 80.7 Å². The molecule has 2 aromatic carbocycles. The predicted molar refractivity (Wildman–Crippen MR) is 103 cm³/mol. The van der Waals surface area contributed by atoms with Crippen LogP contribution in [0, 0.1) is 6.92 Å². The number of aromatic nitrogens is 2. The number of ether oxygens (including phenoxy) is 1. The minimum atomic E-state index is -0.461. The van der Waals surface area contributed by atoms with Gasteiger partial charge >= 0.3 is 0 Å². The molecule has 0 aliphatic carbocycles. The number of nitrogens with zero attached hydrogens (tertiary/aromatic N) is 2. The Morgan fingerprint density at radius 1 is 1.15 bits per heavy atom. The third-order valence-corrected chi connectivity index (χ3v) is 4.26. The molecule has 0 atom stereocenters. The number of nitrogens with one attached hydrogen (secondary N) is 1. The van der Waals surface area contributed by atoms with Crippen LogP contribution in [0.15, 0.2) is 63.9 Å². The molecular formula is C19H16BrN3O3. The van der Waals surface area contributed by atoms with Crippen molar-refractivity contribution in [2.75, 3.05) is 12.4 Å². The number of benzene rings is 2. The molecule has 0 saturated heterocycles. The molecule has 0 spiro atoms. The number of halogens is 1. The van der Waals surface area contributed by atoms with Gasteiger partial charge < -0.3 is 10.1 Å². The Labute approximate surface area is 158 Å². The van der Waals surface area contributed by atoms with Gasteiger partial charge in [-0.2, -0.15) is 9.78 Å². The molecule has 3 rings (SSSR count). The zero-order valence-corrected chi connectivity index (χ0v) is 15.8. The number of methoxy groups -OCH3 is 1. The number of carbonyl (C=O) groups is 1. The van der Waals surface area contributed by atoms with E-state index in [2.05, 4.69) is 26.3 Å². The lowest BCUT2D eigenvalue weighted by Gasteiger charge is -2.12. The molecule has 1 amide bonds. The van der Waals surface area contributed by atoms with Gasteiger partial charge in [-0.3, -0.25) is 9.59 Å². The first kappa shape index (κ1) is 17.9. The molecule has 0 radical (unpaired) electrons. The van der Waals surface area contributed by atoms with Crippen LogP contribution in [0.1, 0.15) is 16.1 Å². The molecule has 132 valence electrons. The molecule has 0 unspecified atom stereocenters. The Kier molecular flexibility index (Phi) is 5.18. The first-order valence-corrected chi connectivity index (χ1v) is 8.60. The average Bonchev–Trinajstić information content (AvgIpc) is 2.64. The zero-order valence-electron chi connectivity index (χ0n) is 14.2. The summed E-state index contributed by atoms with van der Waals surface area (Å²) in [7, 11) is 1.39. The molecule has 26 heavy (non-hydrogen) atoms. The molecule has 0 fully saturated rings. The molecule has 0 saturated carbocycles. The largest absolute Gasteiger partial charge is 0.494 e. The van der Waals surface area contributed by atoms with Crippen LogP contribution in [0.5, 0.6) is 5.75 Å². The van der Waals surface area contributed by atoms with Crippen LogP contribution >= 0.6 is 15.9 Å². The monoisotopic (exact) mass is 413 g/mol. The van der Waals surface area contributed by atoms with Gasteiger partial charge in [0.1, 0.15) is 0 Å². The van der Waals surface area contributed by atoms with Gasteiger partial charge in [-0.1, -0.05) is 34.1 Å². The lowest BCUT2D eigenvalue weighted by atomic mass is 10.2. The molecule has 6 nitrogen and oxygen atoms in total. The number of anilines is 1. The maximum atomic E-state index is 12.7. The first-order valence-electron chi connectivity index (χ1n) is 7.81. The third-order valence-electron chi connectivity index (χ3n) is 3.77. The average molecular weight is 414 g/mol. The van der Waals surface area contributed by atoms with E-state index < -0.39 is 5.91 Å². The number of hydrogen-bond donors (Lipinski definition) is 1. The third kappa shape index (κ3) is 3.67. The number of hydrogen-bond acceptors (Lipinski definition) is 4. The fourth-order valence-electron chi connectivity index (χ4n) is 2.46. The highest BCUT2D eigenvalue weighted by Gasteiger charge is 2.18. The van der Waals surface area contributed by atoms with E-state index in [1.54, 1.807) is 30.3 Å². The van der Waals surface area contributed by atoms with Crippen molar-refractivity contribution in [1.29, 1.82) is 0 Å². The molecule has 7 heteroatoms. The van der Waals surface area contributed by atoms with Gasteiger partial charge in [-0.25, -0.2) is 0 Å². The second kappa shape index (κ2) is 7.53. The Balaban J connectivity index is 2.02. The highest BCUT2D eigenvalue weighted by atomic mass is 79.9. The van der Waals surface area contributed by atoms with E-state index in [4.69, 9.17) is 4.74 Å². The van der Waals surface area contributed by atoms with Crippen LogP contribution in [0.4, 0.5) is 5.69 Å². The van der Waals surface area contributed by atoms with Gasteiger partial charge in [-0.05, 0) is 42.8 Å². The number of amides is 1. The smallest absolute Gasteiger partial charge is 0.280 e. The highest BCUT2D eigenvalue weighted by molar-refractivity contribution is 9.10. The first-order chi connectivity index (χ1) is 12.5. The van der Waals surface area contributed by atoms with E-state index >= 15 is 0 Å². The summed E-state index contributed by atoms with van der Waals surface area (Å²) in [6, 6.07) is 15.7. The number of rotatable bonds is 4. The lowest BCUT2D eigenvalue weighted by molar-refractivity contribution is 0.101. The summed E-state index contributed by atoms with van der Waals surface area (Å²) >= 11 is 3.39. The van der Waals surface area contributed by atoms with Crippen molar-refractivity contribution in [3.63, 3.8) is 0 Å². The number of carbonyl (C=O) groups excluding carboxylic acids is 1. The lowest BCUT2D eigenvalue weighted by Crippen LogP contribution is -2.26. The molecule has 1 aromatic heterocycles. The van der Waals surface area contributed by atoms with E-state index in [9.17, 15) is 9.59 Å². The Bertz CT molecular complexity index is 1020. The van der Waals surface area contributed by atoms with E-state index in [1.165, 1.54) is 17.9 Å². The summed E-state index contributed by atoms with van der Waals surface area (Å²) in [4.78, 5) is 25.1. The van der Waals surface area contributed by atoms with E-state index in [1.807, 2.05) is 25.1 Å². The summed E-state index contributed by atoms with van der Waals surface area (Å²) in [5.41, 5.74) is 1.75. The van der Waals surface area contributed by atoms with Gasteiger partial charge in [0, 0.05) is 10.2 Å². The quantitative estimate of drug-likeness (QED) is 0.709. The van der Waals surface area contributed by atoms with Crippen LogP contribution in [0.2, 0.25) is 0 Å². The molecule has 1 N–H and O–H groups in total. The van der Waals surface area contributed by atoms with Gasteiger partial charge in [0.25, 0.3) is 11.5 Å². The predicted octanol–water partition coefficient (Wildman–Crippen LogP) is 3.56. The van der Waals surface area contributed by atoms with Crippen molar-refractivity contribution in [2.24, 2.45) is 0 Å². The minimum absolute atomic E-state index is 0.0262. The maximum Gasteiger partial charge on any atom is 0.280 e. The molecule has 1 heterocycles. The molecule has 0 aliphatic heterocycles. The Morgan fingerprint density at radius 2 is 1.88 bits per heavy atom. The SMILES string of the molecule is COc1cc(=O)n(-c2ccccc2)nc1C(=O)Nc1ccc(Br)cc1C. The molecular weight excluding hydrogens is 398 g/mol. The standard InChI is InChI=1S/C19H16BrN3O3/c1-12-10-13(20)8-9-15(12)21-19(25)18-16(26-2)11-17(24)23(22-18)14-6-4-3-5-7-14/h3-11H,1-2H3,(H,21,25). The van der Waals surface area contributed by atoms with E-state index in [0.717, 1.165) is 10.0 Å². The van der Waals surface area contributed by atoms with Crippen molar-refractivity contribution in [1.82, 2.24) is 9.78 Å². The second-order valence-corrected chi connectivity index (χ2v) is 6.48. The highest BCUT2D eigenvalue weighted by Crippen LogP contribution is 2.22. The summed E-state index contributed by atoms with van der Waals surface area (Å²) in [6.07, 6.45) is 0. The summed E-state index contributed by atoms with van der Waals surface area (Å²) < 4.78 is 7.27.